The molecule has 0 N–H and O–H groups in total. The zero-order valence-corrected chi connectivity index (χ0v) is 11.7. The first-order valence-corrected chi connectivity index (χ1v) is 6.99. The van der Waals surface area contributed by atoms with Gasteiger partial charge in [-0.05, 0) is 38.1 Å². The van der Waals surface area contributed by atoms with Crippen molar-refractivity contribution in [2.75, 3.05) is 19.0 Å². The summed E-state index contributed by atoms with van der Waals surface area (Å²) in [7, 11) is 0. The Kier molecular flexibility index (Phi) is 9.63. The van der Waals surface area contributed by atoms with Crippen molar-refractivity contribution in [1.82, 2.24) is 4.90 Å². The third kappa shape index (κ3) is 7.19. The van der Waals surface area contributed by atoms with E-state index in [1.807, 2.05) is 0 Å². The van der Waals surface area contributed by atoms with Gasteiger partial charge in [0.05, 0.1) is 0 Å². The molecule has 0 fully saturated rings. The molecule has 2 heteroatoms. The second-order valence-corrected chi connectivity index (χ2v) is 5.13. The fourth-order valence-corrected chi connectivity index (χ4v) is 2.30. The minimum atomic E-state index is 0.765. The number of hydrogen-bond acceptors (Lipinski definition) is 1. The first-order valence-electron chi connectivity index (χ1n) is 6.45. The number of hydrogen-bond donors (Lipinski definition) is 0. The minimum Gasteiger partial charge on any atom is -0.300 e. The molecule has 0 aliphatic heterocycles. The molecule has 0 rings (SSSR count). The van der Waals surface area contributed by atoms with Crippen LogP contribution in [0.5, 0.6) is 0 Å². The van der Waals surface area contributed by atoms with Gasteiger partial charge in [-0.3, -0.25) is 0 Å². The summed E-state index contributed by atoms with van der Waals surface area (Å²) < 4.78 is 0. The first kappa shape index (κ1) is 15.2. The third-order valence-corrected chi connectivity index (χ3v) is 3.15. The van der Waals surface area contributed by atoms with Crippen LogP contribution in [0.4, 0.5) is 0 Å². The van der Waals surface area contributed by atoms with Crippen molar-refractivity contribution in [1.29, 1.82) is 0 Å². The van der Waals surface area contributed by atoms with Crippen LogP contribution in [0.3, 0.4) is 0 Å². The van der Waals surface area contributed by atoms with Gasteiger partial charge in [-0.15, -0.1) is 11.6 Å². The molecule has 0 amide bonds. The Morgan fingerprint density at radius 2 is 1.67 bits per heavy atom. The van der Waals surface area contributed by atoms with Gasteiger partial charge in [-0.25, -0.2) is 0 Å². The molecular weight excluding hydrogens is 206 g/mol. The second-order valence-electron chi connectivity index (χ2n) is 4.76. The topological polar surface area (TPSA) is 3.24 Å². The van der Waals surface area contributed by atoms with E-state index in [4.69, 9.17) is 11.6 Å². The van der Waals surface area contributed by atoms with E-state index in [9.17, 15) is 0 Å². The Hall–Kier alpha value is 0.250. The van der Waals surface area contributed by atoms with Gasteiger partial charge in [0.15, 0.2) is 0 Å². The maximum absolute atomic E-state index is 5.72. The summed E-state index contributed by atoms with van der Waals surface area (Å²) >= 11 is 5.72. The number of unbranched alkanes of at least 4 members (excludes halogenated alkanes) is 1. The van der Waals surface area contributed by atoms with E-state index in [2.05, 4.69) is 32.6 Å². The summed E-state index contributed by atoms with van der Waals surface area (Å²) in [6, 6.07) is 0.766. The van der Waals surface area contributed by atoms with Gasteiger partial charge in [0, 0.05) is 18.5 Å². The lowest BCUT2D eigenvalue weighted by atomic mass is 10.1. The molecule has 92 valence electrons. The predicted octanol–water partition coefficient (Wildman–Crippen LogP) is 4.15. The Bertz CT molecular complexity index is 132. The van der Waals surface area contributed by atoms with Crippen molar-refractivity contribution in [2.24, 2.45) is 5.92 Å². The zero-order valence-electron chi connectivity index (χ0n) is 10.9. The lowest BCUT2D eigenvalue weighted by Gasteiger charge is -2.31. The Morgan fingerprint density at radius 1 is 1.07 bits per heavy atom. The fourth-order valence-electron chi connectivity index (χ4n) is 2.11. The van der Waals surface area contributed by atoms with Gasteiger partial charge in [0.25, 0.3) is 0 Å². The number of alkyl halides is 1. The molecule has 0 spiro atoms. The molecular formula is C13H28ClN. The van der Waals surface area contributed by atoms with Crippen molar-refractivity contribution in [3.8, 4) is 0 Å². The van der Waals surface area contributed by atoms with Crippen LogP contribution in [0.25, 0.3) is 0 Å². The minimum absolute atomic E-state index is 0.765. The molecule has 0 radical (unpaired) electrons. The third-order valence-electron chi connectivity index (χ3n) is 2.89. The molecule has 0 aliphatic rings. The predicted molar refractivity (Wildman–Crippen MR) is 70.7 cm³/mol. The Labute approximate surface area is 101 Å². The van der Waals surface area contributed by atoms with Crippen molar-refractivity contribution in [3.63, 3.8) is 0 Å². The van der Waals surface area contributed by atoms with Crippen LogP contribution in [-0.4, -0.2) is 29.9 Å². The number of halogens is 1. The maximum Gasteiger partial charge on any atom is 0.0223 e. The van der Waals surface area contributed by atoms with E-state index >= 15 is 0 Å². The molecule has 0 saturated carbocycles. The van der Waals surface area contributed by atoms with E-state index in [0.717, 1.165) is 24.3 Å². The van der Waals surface area contributed by atoms with Crippen LogP contribution in [-0.2, 0) is 0 Å². The number of nitrogens with zero attached hydrogens (tertiary/aromatic N) is 1. The molecule has 15 heavy (non-hydrogen) atoms. The van der Waals surface area contributed by atoms with Crippen LogP contribution < -0.4 is 0 Å². The van der Waals surface area contributed by atoms with Crippen molar-refractivity contribution in [3.05, 3.63) is 0 Å². The summed E-state index contributed by atoms with van der Waals surface area (Å²) in [5.41, 5.74) is 0. The Balaban J connectivity index is 4.03. The van der Waals surface area contributed by atoms with Crippen molar-refractivity contribution >= 4 is 11.6 Å². The molecule has 0 aromatic heterocycles. The average Bonchev–Trinajstić information content (AvgIpc) is 2.19. The normalized spacial score (nSPS) is 12.0. The quantitative estimate of drug-likeness (QED) is 0.427. The summed E-state index contributed by atoms with van der Waals surface area (Å²) in [5, 5.41) is 0. The van der Waals surface area contributed by atoms with Gasteiger partial charge < -0.3 is 4.90 Å². The molecule has 0 heterocycles. The van der Waals surface area contributed by atoms with Crippen LogP contribution >= 0.6 is 11.6 Å². The van der Waals surface area contributed by atoms with Gasteiger partial charge in [-0.2, -0.15) is 0 Å². The second kappa shape index (κ2) is 9.47. The molecule has 0 atom stereocenters. The summed E-state index contributed by atoms with van der Waals surface area (Å²) in [5.74, 6) is 1.57. The summed E-state index contributed by atoms with van der Waals surface area (Å²) in [6.07, 6.45) is 4.93. The Morgan fingerprint density at radius 3 is 2.07 bits per heavy atom. The molecule has 1 nitrogen and oxygen atoms in total. The highest BCUT2D eigenvalue weighted by molar-refractivity contribution is 6.17. The molecule has 0 unspecified atom stereocenters. The van der Waals surface area contributed by atoms with E-state index < -0.39 is 0 Å². The van der Waals surface area contributed by atoms with Crippen LogP contribution in [0.15, 0.2) is 0 Å². The van der Waals surface area contributed by atoms with Gasteiger partial charge in [-0.1, -0.05) is 27.7 Å². The van der Waals surface area contributed by atoms with Crippen LogP contribution in [0.1, 0.15) is 53.4 Å². The average molecular weight is 234 g/mol. The molecule has 0 bridgehead atoms. The standard InChI is InChI=1S/C13H28ClN/c1-5-13(6-2)15(11-12(3)4)10-8-7-9-14/h12-13H,5-11H2,1-4H3. The molecule has 0 saturated heterocycles. The van der Waals surface area contributed by atoms with Gasteiger partial charge in [0.2, 0.25) is 0 Å². The van der Waals surface area contributed by atoms with E-state index in [-0.39, 0.29) is 0 Å². The zero-order chi connectivity index (χ0) is 11.7. The SMILES string of the molecule is CCC(CC)N(CCCCCl)CC(C)C. The van der Waals surface area contributed by atoms with Crippen LogP contribution in [0, 0.1) is 5.92 Å². The van der Waals surface area contributed by atoms with E-state index in [0.29, 0.717) is 0 Å². The highest BCUT2D eigenvalue weighted by Crippen LogP contribution is 2.12. The van der Waals surface area contributed by atoms with E-state index in [1.54, 1.807) is 0 Å². The van der Waals surface area contributed by atoms with Gasteiger partial charge >= 0.3 is 0 Å². The molecule has 0 aliphatic carbocycles. The largest absolute Gasteiger partial charge is 0.300 e. The van der Waals surface area contributed by atoms with Crippen molar-refractivity contribution in [2.45, 2.75) is 59.4 Å². The summed E-state index contributed by atoms with van der Waals surface area (Å²) in [4.78, 5) is 2.65. The lowest BCUT2D eigenvalue weighted by molar-refractivity contribution is 0.163. The lowest BCUT2D eigenvalue weighted by Crippen LogP contribution is -2.38. The first-order chi connectivity index (χ1) is 7.15. The smallest absolute Gasteiger partial charge is 0.0223 e. The fraction of sp³-hybridized carbons (Fsp3) is 1.00. The van der Waals surface area contributed by atoms with Gasteiger partial charge in [0.1, 0.15) is 0 Å². The van der Waals surface area contributed by atoms with E-state index in [1.165, 1.54) is 32.4 Å². The highest BCUT2D eigenvalue weighted by atomic mass is 35.5. The monoisotopic (exact) mass is 233 g/mol. The maximum atomic E-state index is 5.72. The summed E-state index contributed by atoms with van der Waals surface area (Å²) in [6.45, 7) is 11.6. The van der Waals surface area contributed by atoms with Crippen LogP contribution in [0.2, 0.25) is 0 Å². The molecule has 0 aromatic carbocycles. The number of rotatable bonds is 9. The van der Waals surface area contributed by atoms with Crippen molar-refractivity contribution < 1.29 is 0 Å². The molecule has 0 aromatic rings. The highest BCUT2D eigenvalue weighted by Gasteiger charge is 2.15.